The van der Waals surface area contributed by atoms with E-state index >= 15 is 0 Å². The summed E-state index contributed by atoms with van der Waals surface area (Å²) in [6.45, 7) is 4.82. The van der Waals surface area contributed by atoms with Gasteiger partial charge in [0.15, 0.2) is 0 Å². The number of hydrogen-bond donors (Lipinski definition) is 0. The highest BCUT2D eigenvalue weighted by Crippen LogP contribution is 2.28. The van der Waals surface area contributed by atoms with E-state index in [1.165, 1.54) is 16.9 Å². The van der Waals surface area contributed by atoms with Crippen molar-refractivity contribution in [3.63, 3.8) is 0 Å². The minimum absolute atomic E-state index is 0.564. The van der Waals surface area contributed by atoms with E-state index in [1.807, 2.05) is 30.7 Å². The molecule has 5 rings (SSSR count). The molecule has 0 N–H and O–H groups in total. The Morgan fingerprint density at radius 2 is 1.97 bits per heavy atom. The number of hydrogen-bond acceptors (Lipinski definition) is 9. The quantitative estimate of drug-likeness (QED) is 0.351. The fourth-order valence-corrected chi connectivity index (χ4v) is 4.98. The third-order valence-electron chi connectivity index (χ3n) is 6.14. The third kappa shape index (κ3) is 5.11. The first-order valence-corrected chi connectivity index (χ1v) is 12.6. The molecule has 1 aliphatic heterocycles. The molecule has 1 fully saturated rings. The summed E-state index contributed by atoms with van der Waals surface area (Å²) in [5.41, 5.74) is 2.99. The summed E-state index contributed by atoms with van der Waals surface area (Å²) in [7, 11) is 1.60. The van der Waals surface area contributed by atoms with Gasteiger partial charge < -0.3 is 14.4 Å². The summed E-state index contributed by atoms with van der Waals surface area (Å²) in [6.07, 6.45) is 13.0. The zero-order valence-electron chi connectivity index (χ0n) is 19.6. The minimum atomic E-state index is 0.564. The Kier molecular flexibility index (Phi) is 6.84. The molecule has 0 aliphatic carbocycles. The molecule has 0 amide bonds. The maximum Gasteiger partial charge on any atom is 0.294 e. The van der Waals surface area contributed by atoms with E-state index in [9.17, 15) is 0 Å². The lowest BCUT2D eigenvalue weighted by Crippen LogP contribution is -2.35. The lowest BCUT2D eigenvalue weighted by molar-refractivity contribution is 0.255. The number of aryl methyl sites for hydroxylation is 1. The number of nitrogens with zero attached hydrogens (tertiary/aromatic N) is 7. The molecule has 178 valence electrons. The van der Waals surface area contributed by atoms with Gasteiger partial charge in [-0.15, -0.1) is 5.10 Å². The van der Waals surface area contributed by atoms with Crippen LogP contribution in [0.1, 0.15) is 38.2 Å². The van der Waals surface area contributed by atoms with E-state index in [0.29, 0.717) is 23.6 Å². The first-order chi connectivity index (χ1) is 16.7. The van der Waals surface area contributed by atoms with Gasteiger partial charge in [-0.05, 0) is 54.6 Å². The van der Waals surface area contributed by atoms with Crippen LogP contribution in [0.3, 0.4) is 0 Å². The second-order valence-corrected chi connectivity index (χ2v) is 9.44. The minimum Gasteiger partial charge on any atom is -0.481 e. The van der Waals surface area contributed by atoms with Crippen molar-refractivity contribution in [1.82, 2.24) is 29.5 Å². The van der Waals surface area contributed by atoms with E-state index in [-0.39, 0.29) is 0 Å². The molecule has 0 spiro atoms. The molecule has 0 bridgehead atoms. The molecular formula is C24H29N7O2S. The van der Waals surface area contributed by atoms with Gasteiger partial charge in [0.25, 0.3) is 5.19 Å². The van der Waals surface area contributed by atoms with Crippen molar-refractivity contribution in [2.45, 2.75) is 39.0 Å². The SMILES string of the molecule is CCCc1cnc(N2CCC(CCOc3nn4cc(-c5ccnc(OC)c5)nc4s3)CC2)nc1. The normalized spacial score (nSPS) is 14.6. The highest BCUT2D eigenvalue weighted by molar-refractivity contribution is 7.18. The van der Waals surface area contributed by atoms with Crippen molar-refractivity contribution in [3.05, 3.63) is 42.5 Å². The van der Waals surface area contributed by atoms with Crippen molar-refractivity contribution in [2.75, 3.05) is 31.7 Å². The average Bonchev–Trinajstić information content (AvgIpc) is 3.44. The lowest BCUT2D eigenvalue weighted by atomic mass is 9.94. The predicted octanol–water partition coefficient (Wildman–Crippen LogP) is 4.29. The van der Waals surface area contributed by atoms with Crippen LogP contribution < -0.4 is 14.4 Å². The number of imidazole rings is 1. The largest absolute Gasteiger partial charge is 0.481 e. The molecule has 0 unspecified atom stereocenters. The molecule has 0 atom stereocenters. The number of anilines is 1. The van der Waals surface area contributed by atoms with Gasteiger partial charge in [-0.25, -0.2) is 24.5 Å². The molecule has 4 aromatic rings. The second kappa shape index (κ2) is 10.3. The standard InChI is InChI=1S/C24H29N7O2S/c1-3-4-18-14-26-22(27-15-18)30-10-6-17(7-11-30)8-12-33-24-29-31-16-20(28-23(31)34-24)19-5-9-25-21(13-19)32-2/h5,9,13-17H,3-4,6-8,10-12H2,1-2H3. The number of rotatable bonds is 9. The molecule has 0 saturated carbocycles. The Hall–Kier alpha value is -3.27. The maximum absolute atomic E-state index is 5.96. The average molecular weight is 480 g/mol. The third-order valence-corrected chi connectivity index (χ3v) is 6.98. The van der Waals surface area contributed by atoms with Crippen LogP contribution in [0.4, 0.5) is 5.95 Å². The Labute approximate surface area is 202 Å². The summed E-state index contributed by atoms with van der Waals surface area (Å²) < 4.78 is 12.9. The smallest absolute Gasteiger partial charge is 0.294 e. The van der Waals surface area contributed by atoms with Crippen LogP contribution in [0, 0.1) is 5.92 Å². The van der Waals surface area contributed by atoms with Crippen LogP contribution in [0.25, 0.3) is 16.2 Å². The zero-order valence-corrected chi connectivity index (χ0v) is 20.4. The molecule has 1 saturated heterocycles. The van der Waals surface area contributed by atoms with Crippen LogP contribution in [0.15, 0.2) is 36.9 Å². The summed E-state index contributed by atoms with van der Waals surface area (Å²) in [5, 5.41) is 5.19. The van der Waals surface area contributed by atoms with Gasteiger partial charge in [-0.3, -0.25) is 0 Å². The Morgan fingerprint density at radius 1 is 1.15 bits per heavy atom. The van der Waals surface area contributed by atoms with Gasteiger partial charge in [-0.1, -0.05) is 13.3 Å². The van der Waals surface area contributed by atoms with Gasteiger partial charge in [0.05, 0.1) is 25.6 Å². The fraction of sp³-hybridized carbons (Fsp3) is 0.458. The summed E-state index contributed by atoms with van der Waals surface area (Å²) in [6, 6.07) is 3.77. The molecule has 9 nitrogen and oxygen atoms in total. The van der Waals surface area contributed by atoms with Crippen molar-refractivity contribution >= 4 is 22.2 Å². The topological polar surface area (TPSA) is 90.6 Å². The lowest BCUT2D eigenvalue weighted by Gasteiger charge is -2.31. The van der Waals surface area contributed by atoms with Crippen LogP contribution in [0.5, 0.6) is 11.1 Å². The van der Waals surface area contributed by atoms with Gasteiger partial charge in [0.2, 0.25) is 16.8 Å². The van der Waals surface area contributed by atoms with Crippen molar-refractivity contribution < 1.29 is 9.47 Å². The van der Waals surface area contributed by atoms with E-state index in [0.717, 1.165) is 67.4 Å². The highest BCUT2D eigenvalue weighted by Gasteiger charge is 2.21. The monoisotopic (exact) mass is 479 g/mol. The number of ether oxygens (including phenoxy) is 2. The van der Waals surface area contributed by atoms with Crippen molar-refractivity contribution in [2.24, 2.45) is 5.92 Å². The Morgan fingerprint density at radius 3 is 2.71 bits per heavy atom. The molecule has 1 aliphatic rings. The number of methoxy groups -OCH3 is 1. The summed E-state index contributed by atoms with van der Waals surface area (Å²) in [5.74, 6) is 2.06. The highest BCUT2D eigenvalue weighted by atomic mass is 32.1. The van der Waals surface area contributed by atoms with Gasteiger partial charge >= 0.3 is 0 Å². The zero-order chi connectivity index (χ0) is 23.3. The number of pyridine rings is 1. The van der Waals surface area contributed by atoms with Crippen LogP contribution in [-0.2, 0) is 6.42 Å². The number of piperidine rings is 1. The van der Waals surface area contributed by atoms with Crippen LogP contribution in [-0.4, -0.2) is 56.4 Å². The van der Waals surface area contributed by atoms with E-state index in [1.54, 1.807) is 17.8 Å². The summed E-state index contributed by atoms with van der Waals surface area (Å²) in [4.78, 5) is 21.0. The second-order valence-electron chi connectivity index (χ2n) is 8.52. The molecule has 0 radical (unpaired) electrons. The molecule has 4 aromatic heterocycles. The van der Waals surface area contributed by atoms with Crippen molar-refractivity contribution in [1.29, 1.82) is 0 Å². The predicted molar refractivity (Wildman–Crippen MR) is 132 cm³/mol. The summed E-state index contributed by atoms with van der Waals surface area (Å²) >= 11 is 1.46. The van der Waals surface area contributed by atoms with E-state index in [2.05, 4.69) is 36.9 Å². The van der Waals surface area contributed by atoms with Gasteiger partial charge in [-0.2, -0.15) is 0 Å². The first-order valence-electron chi connectivity index (χ1n) is 11.8. The van der Waals surface area contributed by atoms with Crippen LogP contribution >= 0.6 is 11.3 Å². The van der Waals surface area contributed by atoms with Crippen LogP contribution in [0.2, 0.25) is 0 Å². The Balaban J connectivity index is 1.09. The Bertz CT molecular complexity index is 1180. The molecule has 5 heterocycles. The van der Waals surface area contributed by atoms with Gasteiger partial charge in [0, 0.05) is 43.3 Å². The first kappa shape index (κ1) is 22.5. The molecule has 0 aromatic carbocycles. The van der Waals surface area contributed by atoms with E-state index < -0.39 is 0 Å². The fourth-order valence-electron chi connectivity index (χ4n) is 4.22. The maximum atomic E-state index is 5.96. The molecular weight excluding hydrogens is 450 g/mol. The van der Waals surface area contributed by atoms with E-state index in [4.69, 9.17) is 9.47 Å². The van der Waals surface area contributed by atoms with Crippen molar-refractivity contribution in [3.8, 4) is 22.3 Å². The number of fused-ring (bicyclic) bond motifs is 1. The molecule has 34 heavy (non-hydrogen) atoms. The number of aromatic nitrogens is 6. The molecule has 10 heteroatoms. The van der Waals surface area contributed by atoms with Gasteiger partial charge in [0.1, 0.15) is 0 Å².